The SMILES string of the molecule is CC(=Cc1cc(Cl)cc(NC(=O)OCc2ccccc2)c1)c1cccc(CN)c1. The summed E-state index contributed by atoms with van der Waals surface area (Å²) in [6.45, 7) is 2.73. The normalized spacial score (nSPS) is 11.2. The molecule has 3 aromatic carbocycles. The predicted molar refractivity (Wildman–Crippen MR) is 120 cm³/mol. The molecule has 0 aliphatic rings. The van der Waals surface area contributed by atoms with E-state index in [9.17, 15) is 4.79 Å². The topological polar surface area (TPSA) is 64.3 Å². The van der Waals surface area contributed by atoms with Crippen LogP contribution in [0.15, 0.2) is 72.8 Å². The Labute approximate surface area is 176 Å². The van der Waals surface area contributed by atoms with E-state index < -0.39 is 6.09 Å². The van der Waals surface area contributed by atoms with E-state index in [0.29, 0.717) is 17.3 Å². The molecule has 0 spiro atoms. The van der Waals surface area contributed by atoms with Crippen molar-refractivity contribution < 1.29 is 9.53 Å². The second kappa shape index (κ2) is 9.92. The van der Waals surface area contributed by atoms with E-state index in [4.69, 9.17) is 22.1 Å². The van der Waals surface area contributed by atoms with E-state index in [0.717, 1.165) is 27.8 Å². The molecule has 0 saturated heterocycles. The zero-order valence-corrected chi connectivity index (χ0v) is 16.9. The van der Waals surface area contributed by atoms with E-state index >= 15 is 0 Å². The zero-order chi connectivity index (χ0) is 20.6. The largest absolute Gasteiger partial charge is 0.444 e. The lowest BCUT2D eigenvalue weighted by atomic mass is 10.0. The van der Waals surface area contributed by atoms with Gasteiger partial charge < -0.3 is 10.5 Å². The molecule has 0 aliphatic heterocycles. The second-order valence-corrected chi connectivity index (χ2v) is 7.13. The molecule has 0 heterocycles. The van der Waals surface area contributed by atoms with Gasteiger partial charge in [0, 0.05) is 17.3 Å². The van der Waals surface area contributed by atoms with E-state index in [-0.39, 0.29) is 6.61 Å². The van der Waals surface area contributed by atoms with Crippen LogP contribution in [-0.2, 0) is 17.9 Å². The Hall–Kier alpha value is -3.08. The van der Waals surface area contributed by atoms with Gasteiger partial charge in [0.15, 0.2) is 0 Å². The van der Waals surface area contributed by atoms with Crippen LogP contribution in [0.1, 0.15) is 29.2 Å². The van der Waals surface area contributed by atoms with Gasteiger partial charge >= 0.3 is 6.09 Å². The van der Waals surface area contributed by atoms with E-state index in [1.807, 2.05) is 73.7 Å². The Morgan fingerprint density at radius 1 is 1.03 bits per heavy atom. The van der Waals surface area contributed by atoms with Gasteiger partial charge in [0.2, 0.25) is 0 Å². The summed E-state index contributed by atoms with van der Waals surface area (Å²) in [4.78, 5) is 12.1. The van der Waals surface area contributed by atoms with Crippen LogP contribution in [-0.4, -0.2) is 6.09 Å². The third kappa shape index (κ3) is 6.21. The summed E-state index contributed by atoms with van der Waals surface area (Å²) >= 11 is 6.25. The minimum atomic E-state index is -0.529. The fourth-order valence-electron chi connectivity index (χ4n) is 2.92. The molecule has 0 radical (unpaired) electrons. The van der Waals surface area contributed by atoms with Crippen molar-refractivity contribution in [3.8, 4) is 0 Å². The highest BCUT2D eigenvalue weighted by Crippen LogP contribution is 2.24. The van der Waals surface area contributed by atoms with Crippen molar-refractivity contribution >= 4 is 35.0 Å². The number of carbonyl (C=O) groups excluding carboxylic acids is 1. The maximum absolute atomic E-state index is 12.1. The van der Waals surface area contributed by atoms with Crippen molar-refractivity contribution in [1.82, 2.24) is 0 Å². The molecule has 0 aromatic heterocycles. The first-order valence-corrected chi connectivity index (χ1v) is 9.67. The molecule has 4 nitrogen and oxygen atoms in total. The number of ether oxygens (including phenoxy) is 1. The molecule has 3 rings (SSSR count). The van der Waals surface area contributed by atoms with Crippen LogP contribution in [0.5, 0.6) is 0 Å². The number of benzene rings is 3. The van der Waals surface area contributed by atoms with Gasteiger partial charge in [-0.1, -0.05) is 72.3 Å². The number of carbonyl (C=O) groups is 1. The third-order valence-corrected chi connectivity index (χ3v) is 4.60. The van der Waals surface area contributed by atoms with Crippen LogP contribution in [0.4, 0.5) is 10.5 Å². The van der Waals surface area contributed by atoms with Crippen LogP contribution in [0.3, 0.4) is 0 Å². The van der Waals surface area contributed by atoms with Gasteiger partial charge in [0.1, 0.15) is 6.61 Å². The van der Waals surface area contributed by atoms with Crippen LogP contribution in [0, 0.1) is 0 Å². The fraction of sp³-hybridized carbons (Fsp3) is 0.125. The number of amides is 1. The number of nitrogens with two attached hydrogens (primary N) is 1. The monoisotopic (exact) mass is 406 g/mol. The molecular formula is C24H23ClN2O2. The maximum atomic E-state index is 12.1. The Morgan fingerprint density at radius 3 is 2.55 bits per heavy atom. The van der Waals surface area contributed by atoms with E-state index in [1.54, 1.807) is 6.07 Å². The van der Waals surface area contributed by atoms with Crippen molar-refractivity contribution in [3.05, 3.63) is 100 Å². The highest BCUT2D eigenvalue weighted by Gasteiger charge is 2.06. The molecule has 29 heavy (non-hydrogen) atoms. The highest BCUT2D eigenvalue weighted by molar-refractivity contribution is 6.31. The molecule has 0 saturated carbocycles. The molecule has 0 bridgehead atoms. The molecule has 0 unspecified atom stereocenters. The molecule has 0 aliphatic carbocycles. The first kappa shape index (κ1) is 20.6. The van der Waals surface area contributed by atoms with E-state index in [1.165, 1.54) is 0 Å². The molecule has 3 aromatic rings. The third-order valence-electron chi connectivity index (χ3n) is 4.38. The van der Waals surface area contributed by atoms with Crippen LogP contribution >= 0.6 is 11.6 Å². The number of nitrogens with one attached hydrogen (secondary N) is 1. The van der Waals surface area contributed by atoms with Crippen LogP contribution < -0.4 is 11.1 Å². The summed E-state index contributed by atoms with van der Waals surface area (Å²) in [6.07, 6.45) is 1.49. The molecule has 148 valence electrons. The summed E-state index contributed by atoms with van der Waals surface area (Å²) in [5, 5.41) is 3.26. The van der Waals surface area contributed by atoms with Crippen molar-refractivity contribution in [2.45, 2.75) is 20.1 Å². The van der Waals surface area contributed by atoms with Crippen LogP contribution in [0.25, 0.3) is 11.6 Å². The Bertz CT molecular complexity index is 1020. The lowest BCUT2D eigenvalue weighted by Crippen LogP contribution is -2.13. The molecule has 0 fully saturated rings. The van der Waals surface area contributed by atoms with Gasteiger partial charge in [-0.3, -0.25) is 5.32 Å². The van der Waals surface area contributed by atoms with Crippen molar-refractivity contribution in [1.29, 1.82) is 0 Å². The molecular weight excluding hydrogens is 384 g/mol. The number of anilines is 1. The van der Waals surface area contributed by atoms with Gasteiger partial charge in [0.05, 0.1) is 0 Å². The van der Waals surface area contributed by atoms with Gasteiger partial charge in [0.25, 0.3) is 0 Å². The van der Waals surface area contributed by atoms with Crippen molar-refractivity contribution in [2.75, 3.05) is 5.32 Å². The molecule has 5 heteroatoms. The number of hydrogen-bond donors (Lipinski definition) is 2. The standard InChI is InChI=1S/C24H23ClN2O2/c1-17(21-9-5-8-19(11-21)15-26)10-20-12-22(25)14-23(13-20)27-24(28)29-16-18-6-3-2-4-7-18/h2-14H,15-16,26H2,1H3,(H,27,28). The minimum Gasteiger partial charge on any atom is -0.444 e. The Balaban J connectivity index is 1.71. The Kier molecular flexibility index (Phi) is 7.06. The summed E-state index contributed by atoms with van der Waals surface area (Å²) in [5.74, 6) is 0. The highest BCUT2D eigenvalue weighted by atomic mass is 35.5. The summed E-state index contributed by atoms with van der Waals surface area (Å²) in [7, 11) is 0. The first-order chi connectivity index (χ1) is 14.0. The Morgan fingerprint density at radius 2 is 1.79 bits per heavy atom. The number of halogens is 1. The lowest BCUT2D eigenvalue weighted by Gasteiger charge is -2.09. The molecule has 1 amide bonds. The zero-order valence-electron chi connectivity index (χ0n) is 16.2. The summed E-state index contributed by atoms with van der Waals surface area (Å²) in [6, 6.07) is 23.0. The van der Waals surface area contributed by atoms with Gasteiger partial charge in [-0.25, -0.2) is 4.79 Å². The number of allylic oxidation sites excluding steroid dienone is 1. The van der Waals surface area contributed by atoms with Gasteiger partial charge in [-0.15, -0.1) is 0 Å². The van der Waals surface area contributed by atoms with Crippen molar-refractivity contribution in [3.63, 3.8) is 0 Å². The quantitative estimate of drug-likeness (QED) is 0.485. The van der Waals surface area contributed by atoms with Gasteiger partial charge in [-0.2, -0.15) is 0 Å². The molecule has 0 atom stereocenters. The first-order valence-electron chi connectivity index (χ1n) is 9.29. The predicted octanol–water partition coefficient (Wildman–Crippen LogP) is 6.11. The van der Waals surface area contributed by atoms with Gasteiger partial charge in [-0.05, 0) is 52.9 Å². The van der Waals surface area contributed by atoms with Crippen LogP contribution in [0.2, 0.25) is 5.02 Å². The second-order valence-electron chi connectivity index (χ2n) is 6.69. The van der Waals surface area contributed by atoms with E-state index in [2.05, 4.69) is 11.4 Å². The summed E-state index contributed by atoms with van der Waals surface area (Å²) < 4.78 is 5.27. The average Bonchev–Trinajstić information content (AvgIpc) is 2.72. The number of hydrogen-bond acceptors (Lipinski definition) is 3. The van der Waals surface area contributed by atoms with Crippen molar-refractivity contribution in [2.24, 2.45) is 5.73 Å². The average molecular weight is 407 g/mol. The lowest BCUT2D eigenvalue weighted by molar-refractivity contribution is 0.155. The fourth-order valence-corrected chi connectivity index (χ4v) is 3.17. The minimum absolute atomic E-state index is 0.205. The molecule has 3 N–H and O–H groups in total. The maximum Gasteiger partial charge on any atom is 0.411 e. The smallest absolute Gasteiger partial charge is 0.411 e. The number of rotatable bonds is 6. The summed E-state index contributed by atoms with van der Waals surface area (Å²) in [5.41, 5.74) is 11.3.